The van der Waals surface area contributed by atoms with Gasteiger partial charge >= 0.3 is 5.76 Å². The Hall–Kier alpha value is -2.48. The number of benzene rings is 2. The fourth-order valence-corrected chi connectivity index (χ4v) is 2.87. The van der Waals surface area contributed by atoms with Crippen LogP contribution in [0.2, 0.25) is 0 Å². The minimum Gasteiger partial charge on any atom is -0.373 e. The van der Waals surface area contributed by atoms with Crippen LogP contribution in [0.25, 0.3) is 0 Å². The van der Waals surface area contributed by atoms with Crippen LogP contribution in [0.3, 0.4) is 0 Å². The van der Waals surface area contributed by atoms with Gasteiger partial charge in [-0.2, -0.15) is 8.78 Å². The molecule has 0 aliphatic rings. The summed E-state index contributed by atoms with van der Waals surface area (Å²) in [5, 5.41) is 2.70. The van der Waals surface area contributed by atoms with Crippen LogP contribution < -0.4 is 10.2 Å². The molecule has 0 aromatic heterocycles. The number of nitrogens with one attached hydrogen (secondary N) is 1. The molecule has 2 aromatic rings. The largest absolute Gasteiger partial charge is 0.373 e. The average Bonchev–Trinajstić information content (AvgIpc) is 2.62. The maximum absolute atomic E-state index is 12.5. The third-order valence-corrected chi connectivity index (χ3v) is 5.01. The number of rotatable bonds is 7. The van der Waals surface area contributed by atoms with E-state index in [1.54, 1.807) is 0 Å². The summed E-state index contributed by atoms with van der Waals surface area (Å²) in [6, 6.07) is 14.1. The smallest absolute Gasteiger partial charge is 0.341 e. The third-order valence-electron chi connectivity index (χ3n) is 3.61. The first-order valence-electron chi connectivity index (χ1n) is 7.49. The molecule has 25 heavy (non-hydrogen) atoms. The van der Waals surface area contributed by atoms with Crippen LogP contribution in [0.5, 0.6) is 0 Å². The first-order valence-corrected chi connectivity index (χ1v) is 9.03. The molecular weight excluding hydrogens is 350 g/mol. The summed E-state index contributed by atoms with van der Waals surface area (Å²) in [5.74, 6) is -3.89. The van der Waals surface area contributed by atoms with E-state index in [4.69, 9.17) is 0 Å². The van der Waals surface area contributed by atoms with Gasteiger partial charge in [0, 0.05) is 31.4 Å². The van der Waals surface area contributed by atoms with E-state index >= 15 is 0 Å². The number of carbonyl (C=O) groups excluding carboxylic acids is 1. The van der Waals surface area contributed by atoms with Gasteiger partial charge in [-0.15, -0.1) is 0 Å². The van der Waals surface area contributed by atoms with Crippen LogP contribution in [0.1, 0.15) is 10.4 Å². The summed E-state index contributed by atoms with van der Waals surface area (Å²) in [7, 11) is -2.76. The summed E-state index contributed by atoms with van der Waals surface area (Å²) in [6.07, 6.45) is 0. The van der Waals surface area contributed by atoms with Crippen LogP contribution in [0.4, 0.5) is 14.5 Å². The molecule has 0 aliphatic heterocycles. The molecule has 1 amide bonds. The molecule has 0 unspecified atom stereocenters. The van der Waals surface area contributed by atoms with E-state index < -0.39 is 26.4 Å². The molecule has 0 atom stereocenters. The van der Waals surface area contributed by atoms with E-state index in [0.29, 0.717) is 13.1 Å². The van der Waals surface area contributed by atoms with Crippen molar-refractivity contribution < 1.29 is 22.0 Å². The molecule has 2 aromatic carbocycles. The van der Waals surface area contributed by atoms with Gasteiger partial charge < -0.3 is 10.2 Å². The number of anilines is 1. The van der Waals surface area contributed by atoms with Gasteiger partial charge in [-0.05, 0) is 36.4 Å². The Morgan fingerprint density at radius 3 is 2.24 bits per heavy atom. The number of alkyl halides is 2. The van der Waals surface area contributed by atoms with Crippen molar-refractivity contribution in [1.82, 2.24) is 5.32 Å². The quantitative estimate of drug-likeness (QED) is 0.816. The first-order chi connectivity index (χ1) is 11.8. The lowest BCUT2D eigenvalue weighted by atomic mass is 10.2. The maximum Gasteiger partial charge on any atom is 0.341 e. The van der Waals surface area contributed by atoms with E-state index in [9.17, 15) is 22.0 Å². The van der Waals surface area contributed by atoms with Crippen LogP contribution >= 0.6 is 0 Å². The number of amides is 1. The van der Waals surface area contributed by atoms with Gasteiger partial charge in [0.25, 0.3) is 5.91 Å². The standard InChI is InChI=1S/C17H18F2N2O3S/c1-21(14-5-3-2-4-6-14)12-11-20-16(22)13-7-9-15(10-8-13)25(23,24)17(18)19/h2-10,17H,11-12H2,1H3,(H,20,22). The van der Waals surface area contributed by atoms with Crippen LogP contribution in [-0.4, -0.2) is 40.2 Å². The van der Waals surface area contributed by atoms with E-state index in [0.717, 1.165) is 17.8 Å². The van der Waals surface area contributed by atoms with Gasteiger partial charge in [-0.1, -0.05) is 18.2 Å². The van der Waals surface area contributed by atoms with Crippen molar-refractivity contribution in [1.29, 1.82) is 0 Å². The predicted molar refractivity (Wildman–Crippen MR) is 91.7 cm³/mol. The Morgan fingerprint density at radius 2 is 1.68 bits per heavy atom. The summed E-state index contributed by atoms with van der Waals surface area (Å²) >= 11 is 0. The number of sulfone groups is 1. The maximum atomic E-state index is 12.5. The molecule has 8 heteroatoms. The first kappa shape index (κ1) is 18.9. The van der Waals surface area contributed by atoms with E-state index in [1.165, 1.54) is 12.1 Å². The Balaban J connectivity index is 1.91. The zero-order valence-electron chi connectivity index (χ0n) is 13.5. The Bertz CT molecular complexity index is 810. The zero-order chi connectivity index (χ0) is 18.4. The highest BCUT2D eigenvalue weighted by Gasteiger charge is 2.26. The summed E-state index contributed by atoms with van der Waals surface area (Å²) in [6.45, 7) is 0.953. The van der Waals surface area contributed by atoms with Gasteiger partial charge in [0.1, 0.15) is 0 Å². The van der Waals surface area contributed by atoms with E-state index in [2.05, 4.69) is 5.32 Å². The lowest BCUT2D eigenvalue weighted by Crippen LogP contribution is -2.33. The summed E-state index contributed by atoms with van der Waals surface area (Å²) in [5.41, 5.74) is 1.22. The summed E-state index contributed by atoms with van der Waals surface area (Å²) in [4.78, 5) is 13.5. The Labute approximate surface area is 145 Å². The van der Waals surface area contributed by atoms with Gasteiger partial charge in [0.05, 0.1) is 4.90 Å². The second-order valence-electron chi connectivity index (χ2n) is 5.34. The fourth-order valence-electron chi connectivity index (χ4n) is 2.15. The third kappa shape index (κ3) is 4.76. The Kier molecular flexibility index (Phi) is 6.08. The number of hydrogen-bond donors (Lipinski definition) is 1. The monoisotopic (exact) mass is 368 g/mol. The topological polar surface area (TPSA) is 66.5 Å². The Morgan fingerprint density at radius 1 is 1.08 bits per heavy atom. The molecule has 0 fully saturated rings. The lowest BCUT2D eigenvalue weighted by molar-refractivity contribution is 0.0954. The number of nitrogens with zero attached hydrogens (tertiary/aromatic N) is 1. The number of para-hydroxylation sites is 1. The van der Waals surface area contributed by atoms with Crippen molar-refractivity contribution in [2.45, 2.75) is 10.7 Å². The van der Waals surface area contributed by atoms with Crippen LogP contribution in [0.15, 0.2) is 59.5 Å². The molecule has 5 nitrogen and oxygen atoms in total. The van der Waals surface area contributed by atoms with Crippen molar-refractivity contribution in [3.63, 3.8) is 0 Å². The van der Waals surface area contributed by atoms with Crippen LogP contribution in [0, 0.1) is 0 Å². The average molecular weight is 368 g/mol. The molecule has 0 radical (unpaired) electrons. The van der Waals surface area contributed by atoms with Crippen molar-refractivity contribution in [2.24, 2.45) is 0 Å². The van der Waals surface area contributed by atoms with Crippen molar-refractivity contribution in [3.8, 4) is 0 Å². The molecule has 0 saturated heterocycles. The van der Waals surface area contributed by atoms with Crippen molar-refractivity contribution in [2.75, 3.05) is 25.0 Å². The molecule has 0 bridgehead atoms. The SMILES string of the molecule is CN(CCNC(=O)c1ccc(S(=O)(=O)C(F)F)cc1)c1ccccc1. The fraction of sp³-hybridized carbons (Fsp3) is 0.235. The molecule has 0 aliphatic carbocycles. The van der Waals surface area contributed by atoms with Gasteiger partial charge in [-0.3, -0.25) is 4.79 Å². The highest BCUT2D eigenvalue weighted by molar-refractivity contribution is 7.91. The minimum absolute atomic E-state index is 0.204. The van der Waals surface area contributed by atoms with Gasteiger partial charge in [0.15, 0.2) is 0 Å². The zero-order valence-corrected chi connectivity index (χ0v) is 14.3. The number of halogens is 2. The van der Waals surface area contributed by atoms with Crippen molar-refractivity contribution in [3.05, 3.63) is 60.2 Å². The molecule has 1 N–H and O–H groups in total. The molecule has 0 saturated carbocycles. The van der Waals surface area contributed by atoms with Gasteiger partial charge in [-0.25, -0.2) is 8.42 Å². The molecule has 0 spiro atoms. The minimum atomic E-state index is -4.65. The second kappa shape index (κ2) is 8.06. The molecule has 134 valence electrons. The van der Waals surface area contributed by atoms with E-state index in [1.807, 2.05) is 42.3 Å². The highest BCUT2D eigenvalue weighted by Crippen LogP contribution is 2.18. The highest BCUT2D eigenvalue weighted by atomic mass is 32.2. The summed E-state index contributed by atoms with van der Waals surface area (Å²) < 4.78 is 47.6. The lowest BCUT2D eigenvalue weighted by Gasteiger charge is -2.19. The van der Waals surface area contributed by atoms with E-state index in [-0.39, 0.29) is 5.56 Å². The van der Waals surface area contributed by atoms with Crippen molar-refractivity contribution >= 4 is 21.4 Å². The molecule has 0 heterocycles. The number of hydrogen-bond acceptors (Lipinski definition) is 4. The second-order valence-corrected chi connectivity index (χ2v) is 7.26. The van der Waals surface area contributed by atoms with Crippen LogP contribution in [-0.2, 0) is 9.84 Å². The normalized spacial score (nSPS) is 11.4. The van der Waals surface area contributed by atoms with Gasteiger partial charge in [0.2, 0.25) is 9.84 Å². The predicted octanol–water partition coefficient (Wildman–Crippen LogP) is 2.55. The number of likely N-dealkylation sites (N-methyl/N-ethyl adjacent to an activating group) is 1. The number of carbonyl (C=O) groups is 1. The molecule has 2 rings (SSSR count). The molecular formula is C17H18F2N2O3S.